The Morgan fingerprint density at radius 3 is 2.75 bits per heavy atom. The lowest BCUT2D eigenvalue weighted by molar-refractivity contribution is -0.132. The minimum Gasteiger partial charge on any atom is -0.507 e. The Bertz CT molecular complexity index is 1740. The highest BCUT2D eigenvalue weighted by Crippen LogP contribution is 2.45. The third-order valence-electron chi connectivity index (χ3n) is 7.43. The van der Waals surface area contributed by atoms with E-state index in [0.717, 1.165) is 29.7 Å². The lowest BCUT2D eigenvalue weighted by atomic mass is 9.94. The zero-order valence-electron chi connectivity index (χ0n) is 24.2. The molecular weight excluding hydrogens is 618 g/mol. The summed E-state index contributed by atoms with van der Waals surface area (Å²) >= 11 is 8.70. The van der Waals surface area contributed by atoms with Crippen LogP contribution in [0.1, 0.15) is 55.0 Å². The van der Waals surface area contributed by atoms with Crippen LogP contribution in [-0.4, -0.2) is 39.7 Å². The predicted octanol–water partition coefficient (Wildman–Crippen LogP) is 7.61. The molecule has 0 aliphatic carbocycles. The van der Waals surface area contributed by atoms with Gasteiger partial charge in [0.1, 0.15) is 23.4 Å². The fraction of sp³-hybridized carbons (Fsp3) is 0.273. The number of ketones is 1. The monoisotopic (exact) mass is 647 g/mol. The third kappa shape index (κ3) is 6.20. The second-order valence-corrected chi connectivity index (χ2v) is 13.3. The number of unbranched alkanes of at least 4 members (excludes halogenated alkanes) is 1. The van der Waals surface area contributed by atoms with Gasteiger partial charge in [-0.15, -0.1) is 10.2 Å². The lowest BCUT2D eigenvalue weighted by Gasteiger charge is -2.23. The zero-order chi connectivity index (χ0) is 30.8. The summed E-state index contributed by atoms with van der Waals surface area (Å²) in [4.78, 5) is 28.7. The van der Waals surface area contributed by atoms with Gasteiger partial charge in [0, 0.05) is 22.8 Å². The summed E-state index contributed by atoms with van der Waals surface area (Å²) in [5.74, 6) is 0.170. The van der Waals surface area contributed by atoms with Gasteiger partial charge in [-0.2, -0.15) is 0 Å². The predicted molar refractivity (Wildman–Crippen MR) is 173 cm³/mol. The van der Waals surface area contributed by atoms with Gasteiger partial charge in [0.05, 0.1) is 18.2 Å². The first-order chi connectivity index (χ1) is 21.3. The molecule has 1 fully saturated rings. The number of aromatic nitrogens is 2. The molecule has 3 heterocycles. The van der Waals surface area contributed by atoms with Crippen molar-refractivity contribution in [2.75, 3.05) is 11.5 Å². The van der Waals surface area contributed by atoms with Crippen LogP contribution in [0.2, 0.25) is 5.02 Å². The molecule has 1 saturated heterocycles. The van der Waals surface area contributed by atoms with Crippen LogP contribution in [0, 0.1) is 0 Å². The first kappa shape index (κ1) is 30.2. The Balaban J connectivity index is 1.38. The minimum atomic E-state index is -0.935. The molecule has 3 aromatic carbocycles. The maximum Gasteiger partial charge on any atom is 0.301 e. The number of aliphatic hydroxyl groups is 1. The van der Waals surface area contributed by atoms with E-state index in [0.29, 0.717) is 45.0 Å². The van der Waals surface area contributed by atoms with E-state index in [4.69, 9.17) is 21.1 Å². The number of carbonyl (C=O) groups excluding carboxylic acids is 2. The van der Waals surface area contributed by atoms with Crippen molar-refractivity contribution in [2.24, 2.45) is 0 Å². The molecule has 0 saturated carbocycles. The van der Waals surface area contributed by atoms with Crippen LogP contribution in [0.4, 0.5) is 5.13 Å². The lowest BCUT2D eigenvalue weighted by Crippen LogP contribution is -2.29. The second-order valence-electron chi connectivity index (χ2n) is 10.7. The van der Waals surface area contributed by atoms with Gasteiger partial charge in [0.2, 0.25) is 5.13 Å². The molecule has 8 nitrogen and oxygen atoms in total. The van der Waals surface area contributed by atoms with Gasteiger partial charge in [-0.05, 0) is 72.5 Å². The fourth-order valence-corrected chi connectivity index (χ4v) is 7.21. The summed E-state index contributed by atoms with van der Waals surface area (Å²) in [5.41, 5.74) is 3.04. The van der Waals surface area contributed by atoms with Crippen LogP contribution < -0.4 is 14.4 Å². The highest BCUT2D eigenvalue weighted by molar-refractivity contribution is 8.00. The SMILES string of the molecule is CCCCOc1cccc([C@@H]2/C(=C(\O)c3ccc4c(c3)C[C@H](C)O4)C(=O)C(=O)N2c2nnc(SCc3ccc(Cl)cc3)s2)c1. The average molecular weight is 648 g/mol. The van der Waals surface area contributed by atoms with E-state index < -0.39 is 17.7 Å². The van der Waals surface area contributed by atoms with Crippen LogP contribution in [0.25, 0.3) is 5.76 Å². The number of benzene rings is 3. The van der Waals surface area contributed by atoms with Crippen molar-refractivity contribution >= 4 is 57.3 Å². The quantitative estimate of drug-likeness (QED) is 0.0469. The molecule has 0 unspecified atom stereocenters. The van der Waals surface area contributed by atoms with Crippen molar-refractivity contribution in [3.05, 3.63) is 99.6 Å². The standard InChI is InChI=1S/C33H30ClN3O5S2/c1-3-4-14-41-25-7-5-6-21(17-25)28-27(29(38)22-10-13-26-23(16-22)15-19(2)42-26)30(39)31(40)37(28)32-35-36-33(44-32)43-18-20-8-11-24(34)12-9-20/h5-13,16-17,19,28,38H,3-4,14-15,18H2,1-2H3/b29-27+/t19-,28+/m0/s1. The normalized spacial score (nSPS) is 18.8. The topological polar surface area (TPSA) is 102 Å². The van der Waals surface area contributed by atoms with Gasteiger partial charge in [-0.25, -0.2) is 0 Å². The smallest absolute Gasteiger partial charge is 0.301 e. The summed E-state index contributed by atoms with van der Waals surface area (Å²) in [7, 11) is 0. The van der Waals surface area contributed by atoms with Crippen LogP contribution >= 0.6 is 34.7 Å². The molecule has 226 valence electrons. The Morgan fingerprint density at radius 2 is 1.95 bits per heavy atom. The average Bonchev–Trinajstić information content (AvgIpc) is 3.71. The number of thioether (sulfide) groups is 1. The molecule has 2 aliphatic heterocycles. The van der Waals surface area contributed by atoms with Crippen LogP contribution in [0.15, 0.2) is 76.6 Å². The van der Waals surface area contributed by atoms with Crippen LogP contribution in [0.3, 0.4) is 0 Å². The molecule has 0 bridgehead atoms. The number of hydrogen-bond acceptors (Lipinski definition) is 9. The fourth-order valence-electron chi connectivity index (χ4n) is 5.26. The zero-order valence-corrected chi connectivity index (χ0v) is 26.5. The number of halogens is 1. The molecule has 1 aromatic heterocycles. The van der Waals surface area contributed by atoms with E-state index in [1.54, 1.807) is 12.1 Å². The molecule has 6 rings (SSSR count). The Kier molecular flexibility index (Phi) is 8.93. The van der Waals surface area contributed by atoms with E-state index >= 15 is 0 Å². The third-order valence-corrected chi connectivity index (χ3v) is 9.81. The van der Waals surface area contributed by atoms with E-state index in [1.165, 1.54) is 28.0 Å². The molecule has 11 heteroatoms. The number of anilines is 1. The number of hydrogen-bond donors (Lipinski definition) is 1. The highest BCUT2D eigenvalue weighted by Gasteiger charge is 2.48. The number of fused-ring (bicyclic) bond motifs is 1. The number of ether oxygens (including phenoxy) is 2. The van der Waals surface area contributed by atoms with Gasteiger partial charge >= 0.3 is 5.91 Å². The molecular formula is C33H30ClN3O5S2. The number of rotatable bonds is 10. The molecule has 1 N–H and O–H groups in total. The maximum atomic E-state index is 13.7. The van der Waals surface area contributed by atoms with Crippen molar-refractivity contribution < 1.29 is 24.2 Å². The highest BCUT2D eigenvalue weighted by atomic mass is 35.5. The van der Waals surface area contributed by atoms with Crippen molar-refractivity contribution in [1.29, 1.82) is 0 Å². The van der Waals surface area contributed by atoms with Crippen molar-refractivity contribution in [3.63, 3.8) is 0 Å². The van der Waals surface area contributed by atoms with Crippen molar-refractivity contribution in [1.82, 2.24) is 10.2 Å². The largest absolute Gasteiger partial charge is 0.507 e. The van der Waals surface area contributed by atoms with Gasteiger partial charge < -0.3 is 14.6 Å². The van der Waals surface area contributed by atoms with Crippen molar-refractivity contribution in [3.8, 4) is 11.5 Å². The van der Waals surface area contributed by atoms with Gasteiger partial charge in [-0.1, -0.05) is 72.3 Å². The van der Waals surface area contributed by atoms with Crippen LogP contribution in [-0.2, 0) is 21.8 Å². The maximum absolute atomic E-state index is 13.7. The van der Waals surface area contributed by atoms with Crippen LogP contribution in [0.5, 0.6) is 11.5 Å². The van der Waals surface area contributed by atoms with Gasteiger partial charge in [0.15, 0.2) is 4.34 Å². The molecule has 1 amide bonds. The molecule has 0 radical (unpaired) electrons. The minimum absolute atomic E-state index is 0.0156. The summed E-state index contributed by atoms with van der Waals surface area (Å²) in [6.45, 7) is 4.61. The summed E-state index contributed by atoms with van der Waals surface area (Å²) in [5, 5.41) is 21.2. The summed E-state index contributed by atoms with van der Waals surface area (Å²) < 4.78 is 12.4. The van der Waals surface area contributed by atoms with Gasteiger partial charge in [0.25, 0.3) is 5.78 Å². The van der Waals surface area contributed by atoms with E-state index in [2.05, 4.69) is 17.1 Å². The number of amides is 1. The Hall–Kier alpha value is -3.86. The number of Topliss-reactive ketones (excluding diaryl/α,β-unsaturated/α-hetero) is 1. The van der Waals surface area contributed by atoms with Gasteiger partial charge in [-0.3, -0.25) is 14.5 Å². The summed E-state index contributed by atoms with van der Waals surface area (Å²) in [6, 6.07) is 19.2. The van der Waals surface area contributed by atoms with E-state index in [1.807, 2.05) is 61.5 Å². The second kappa shape index (κ2) is 13.0. The molecule has 2 aliphatic rings. The number of carbonyl (C=O) groups is 2. The van der Waals surface area contributed by atoms with E-state index in [-0.39, 0.29) is 22.6 Å². The Morgan fingerprint density at radius 1 is 1.14 bits per heavy atom. The molecule has 4 aromatic rings. The summed E-state index contributed by atoms with van der Waals surface area (Å²) in [6.07, 6.45) is 2.59. The first-order valence-electron chi connectivity index (χ1n) is 14.4. The number of nitrogens with zero attached hydrogens (tertiary/aromatic N) is 3. The molecule has 0 spiro atoms. The number of aliphatic hydroxyl groups excluding tert-OH is 1. The molecule has 2 atom stereocenters. The Labute approximate surface area is 268 Å². The van der Waals surface area contributed by atoms with Crippen molar-refractivity contribution in [2.45, 2.75) is 55.3 Å². The first-order valence-corrected chi connectivity index (χ1v) is 16.5. The molecule has 44 heavy (non-hydrogen) atoms. The van der Waals surface area contributed by atoms with E-state index in [9.17, 15) is 14.7 Å².